The van der Waals surface area contributed by atoms with Crippen molar-refractivity contribution in [2.75, 3.05) is 0 Å². The molecule has 14 heavy (non-hydrogen) atoms. The van der Waals surface area contributed by atoms with Crippen molar-refractivity contribution < 1.29 is 4.79 Å². The van der Waals surface area contributed by atoms with Crippen LogP contribution in [0, 0.1) is 0 Å². The average molecular weight is 213 g/mol. The van der Waals surface area contributed by atoms with Gasteiger partial charge in [0, 0.05) is 11.6 Å². The average Bonchev–Trinajstić information content (AvgIpc) is 2.54. The maximum absolute atomic E-state index is 11.4. The standard InChI is InChI=1S/C9H15N3OS/c1-6(10)7(13)12-9(2,3)8-11-4-5-14-8/h4-6H,10H2,1-3H3,(H,12,13)/t6-/m1/s1. The van der Waals surface area contributed by atoms with Crippen LogP contribution in [0.2, 0.25) is 0 Å². The summed E-state index contributed by atoms with van der Waals surface area (Å²) < 4.78 is 0. The van der Waals surface area contributed by atoms with Crippen LogP contribution in [0.15, 0.2) is 11.6 Å². The van der Waals surface area contributed by atoms with Gasteiger partial charge in [0.1, 0.15) is 5.01 Å². The summed E-state index contributed by atoms with van der Waals surface area (Å²) in [5.41, 5.74) is 5.02. The maximum atomic E-state index is 11.4. The highest BCUT2D eigenvalue weighted by atomic mass is 32.1. The number of amides is 1. The third-order valence-electron chi connectivity index (χ3n) is 1.82. The zero-order chi connectivity index (χ0) is 10.8. The predicted molar refractivity (Wildman–Crippen MR) is 56.9 cm³/mol. The molecule has 4 nitrogen and oxygen atoms in total. The monoisotopic (exact) mass is 213 g/mol. The third-order valence-corrected chi connectivity index (χ3v) is 2.91. The van der Waals surface area contributed by atoms with Crippen LogP contribution in [0.5, 0.6) is 0 Å². The summed E-state index contributed by atoms with van der Waals surface area (Å²) in [7, 11) is 0. The van der Waals surface area contributed by atoms with E-state index in [4.69, 9.17) is 5.73 Å². The lowest BCUT2D eigenvalue weighted by Crippen LogP contribution is -2.47. The zero-order valence-electron chi connectivity index (χ0n) is 8.57. The Bertz CT molecular complexity index is 306. The van der Waals surface area contributed by atoms with E-state index in [1.54, 1.807) is 13.1 Å². The molecule has 0 saturated carbocycles. The molecular formula is C9H15N3OS. The number of nitrogens with one attached hydrogen (secondary N) is 1. The molecule has 1 atom stereocenters. The lowest BCUT2D eigenvalue weighted by atomic mass is 10.1. The zero-order valence-corrected chi connectivity index (χ0v) is 9.39. The SMILES string of the molecule is C[C@@H](N)C(=O)NC(C)(C)c1nccs1. The van der Waals surface area contributed by atoms with E-state index in [0.717, 1.165) is 5.01 Å². The van der Waals surface area contributed by atoms with Gasteiger partial charge in [-0.15, -0.1) is 11.3 Å². The fourth-order valence-corrected chi connectivity index (χ4v) is 1.73. The van der Waals surface area contributed by atoms with Crippen LogP contribution in [0.25, 0.3) is 0 Å². The number of carbonyl (C=O) groups is 1. The molecule has 0 fully saturated rings. The number of carbonyl (C=O) groups excluding carboxylic acids is 1. The summed E-state index contributed by atoms with van der Waals surface area (Å²) in [4.78, 5) is 15.6. The summed E-state index contributed by atoms with van der Waals surface area (Å²) >= 11 is 1.52. The molecule has 3 N–H and O–H groups in total. The van der Waals surface area contributed by atoms with E-state index < -0.39 is 11.6 Å². The highest BCUT2D eigenvalue weighted by Crippen LogP contribution is 2.21. The summed E-state index contributed by atoms with van der Waals surface area (Å²) in [5, 5.41) is 5.61. The first-order valence-corrected chi connectivity index (χ1v) is 5.29. The Morgan fingerprint density at radius 2 is 2.36 bits per heavy atom. The smallest absolute Gasteiger partial charge is 0.237 e. The maximum Gasteiger partial charge on any atom is 0.237 e. The highest BCUT2D eigenvalue weighted by Gasteiger charge is 2.26. The number of hydrogen-bond acceptors (Lipinski definition) is 4. The Kier molecular flexibility index (Phi) is 3.23. The quantitative estimate of drug-likeness (QED) is 0.782. The molecule has 0 aromatic carbocycles. The first kappa shape index (κ1) is 11.1. The fraction of sp³-hybridized carbons (Fsp3) is 0.556. The van der Waals surface area contributed by atoms with Crippen molar-refractivity contribution in [1.82, 2.24) is 10.3 Å². The molecule has 0 aliphatic heterocycles. The van der Waals surface area contributed by atoms with Gasteiger partial charge in [0.05, 0.1) is 11.6 Å². The molecule has 0 bridgehead atoms. The molecule has 0 aliphatic carbocycles. The van der Waals surface area contributed by atoms with Gasteiger partial charge in [0.15, 0.2) is 0 Å². The Labute approximate surface area is 87.5 Å². The Hall–Kier alpha value is -0.940. The van der Waals surface area contributed by atoms with Crippen molar-refractivity contribution >= 4 is 17.2 Å². The molecule has 1 aromatic rings. The van der Waals surface area contributed by atoms with E-state index >= 15 is 0 Å². The molecule has 78 valence electrons. The molecule has 0 unspecified atom stereocenters. The lowest BCUT2D eigenvalue weighted by Gasteiger charge is -2.24. The van der Waals surface area contributed by atoms with Crippen molar-refractivity contribution in [3.8, 4) is 0 Å². The summed E-state index contributed by atoms with van der Waals surface area (Å²) in [6.45, 7) is 5.48. The molecule has 1 amide bonds. The minimum absolute atomic E-state index is 0.162. The highest BCUT2D eigenvalue weighted by molar-refractivity contribution is 7.09. The van der Waals surface area contributed by atoms with E-state index in [9.17, 15) is 4.79 Å². The molecule has 0 saturated heterocycles. The van der Waals surface area contributed by atoms with E-state index in [-0.39, 0.29) is 5.91 Å². The van der Waals surface area contributed by atoms with Crippen LogP contribution in [-0.4, -0.2) is 16.9 Å². The Morgan fingerprint density at radius 1 is 1.71 bits per heavy atom. The molecule has 0 aliphatic rings. The van der Waals surface area contributed by atoms with E-state index in [1.807, 2.05) is 19.2 Å². The van der Waals surface area contributed by atoms with Crippen LogP contribution in [0.1, 0.15) is 25.8 Å². The molecule has 1 aromatic heterocycles. The normalized spacial score (nSPS) is 13.7. The second-order valence-electron chi connectivity index (χ2n) is 3.74. The van der Waals surface area contributed by atoms with Crippen LogP contribution >= 0.6 is 11.3 Å². The van der Waals surface area contributed by atoms with Gasteiger partial charge in [-0.3, -0.25) is 4.79 Å². The van der Waals surface area contributed by atoms with Crippen molar-refractivity contribution in [3.63, 3.8) is 0 Å². The summed E-state index contributed by atoms with van der Waals surface area (Å²) in [5.74, 6) is -0.162. The number of aromatic nitrogens is 1. The van der Waals surface area contributed by atoms with Crippen molar-refractivity contribution in [2.45, 2.75) is 32.4 Å². The molecule has 1 rings (SSSR count). The van der Waals surface area contributed by atoms with E-state index in [0.29, 0.717) is 0 Å². The second-order valence-corrected chi connectivity index (χ2v) is 4.63. The summed E-state index contributed by atoms with van der Waals surface area (Å²) in [6, 6.07) is -0.491. The second kappa shape index (κ2) is 4.06. The largest absolute Gasteiger partial charge is 0.343 e. The van der Waals surface area contributed by atoms with Crippen LogP contribution in [0.3, 0.4) is 0 Å². The first-order valence-electron chi connectivity index (χ1n) is 4.41. The molecular weight excluding hydrogens is 198 g/mol. The fourth-order valence-electron chi connectivity index (χ4n) is 1.01. The molecule has 0 spiro atoms. The molecule has 1 heterocycles. The number of nitrogens with zero attached hydrogens (tertiary/aromatic N) is 1. The number of rotatable bonds is 3. The Morgan fingerprint density at radius 3 is 2.79 bits per heavy atom. The topological polar surface area (TPSA) is 68.0 Å². The van der Waals surface area contributed by atoms with Crippen molar-refractivity contribution in [1.29, 1.82) is 0 Å². The van der Waals surface area contributed by atoms with Gasteiger partial charge in [0.25, 0.3) is 0 Å². The molecule has 0 radical (unpaired) electrons. The lowest BCUT2D eigenvalue weighted by molar-refractivity contribution is -0.123. The third kappa shape index (κ3) is 2.52. The number of nitrogens with two attached hydrogens (primary N) is 1. The van der Waals surface area contributed by atoms with Gasteiger partial charge in [-0.05, 0) is 20.8 Å². The van der Waals surface area contributed by atoms with Gasteiger partial charge < -0.3 is 11.1 Å². The van der Waals surface area contributed by atoms with E-state index in [2.05, 4.69) is 10.3 Å². The minimum atomic E-state index is -0.491. The van der Waals surface area contributed by atoms with Gasteiger partial charge >= 0.3 is 0 Å². The van der Waals surface area contributed by atoms with Gasteiger partial charge in [0.2, 0.25) is 5.91 Å². The van der Waals surface area contributed by atoms with Gasteiger partial charge in [-0.25, -0.2) is 4.98 Å². The van der Waals surface area contributed by atoms with Crippen LogP contribution in [0.4, 0.5) is 0 Å². The molecule has 5 heteroatoms. The minimum Gasteiger partial charge on any atom is -0.343 e. The predicted octanol–water partition coefficient (Wildman–Crippen LogP) is 0.842. The van der Waals surface area contributed by atoms with Gasteiger partial charge in [-0.2, -0.15) is 0 Å². The number of hydrogen-bond donors (Lipinski definition) is 2. The first-order chi connectivity index (χ1) is 6.43. The van der Waals surface area contributed by atoms with E-state index in [1.165, 1.54) is 11.3 Å². The summed E-state index contributed by atoms with van der Waals surface area (Å²) in [6.07, 6.45) is 1.72. The van der Waals surface area contributed by atoms with Crippen LogP contribution in [-0.2, 0) is 10.3 Å². The van der Waals surface area contributed by atoms with Crippen molar-refractivity contribution in [2.24, 2.45) is 5.73 Å². The Balaban J connectivity index is 2.72. The number of thiazole rings is 1. The van der Waals surface area contributed by atoms with Crippen LogP contribution < -0.4 is 11.1 Å². The van der Waals surface area contributed by atoms with Gasteiger partial charge in [-0.1, -0.05) is 0 Å². The van der Waals surface area contributed by atoms with Crippen molar-refractivity contribution in [3.05, 3.63) is 16.6 Å².